The van der Waals surface area contributed by atoms with Crippen molar-refractivity contribution in [3.63, 3.8) is 0 Å². The highest BCUT2D eigenvalue weighted by Crippen LogP contribution is 2.21. The average Bonchev–Trinajstić information content (AvgIpc) is 2.50. The molecule has 0 bridgehead atoms. The van der Waals surface area contributed by atoms with Crippen molar-refractivity contribution in [3.8, 4) is 0 Å². The SMILES string of the molecule is C=C(C)CC(c1cocn1)N(C)N. The van der Waals surface area contributed by atoms with Crippen LogP contribution in [0.1, 0.15) is 25.1 Å². The number of nitrogens with zero attached hydrogens (tertiary/aromatic N) is 2. The van der Waals surface area contributed by atoms with Gasteiger partial charge in [-0.1, -0.05) is 5.57 Å². The Hall–Kier alpha value is -1.13. The molecular formula is C9H15N3O. The summed E-state index contributed by atoms with van der Waals surface area (Å²) in [5, 5.41) is 1.62. The van der Waals surface area contributed by atoms with E-state index in [-0.39, 0.29) is 6.04 Å². The maximum absolute atomic E-state index is 5.69. The van der Waals surface area contributed by atoms with Gasteiger partial charge in [0.1, 0.15) is 6.26 Å². The fraction of sp³-hybridized carbons (Fsp3) is 0.444. The van der Waals surface area contributed by atoms with Gasteiger partial charge in [0.15, 0.2) is 6.39 Å². The highest BCUT2D eigenvalue weighted by molar-refractivity contribution is 5.05. The summed E-state index contributed by atoms with van der Waals surface area (Å²) in [7, 11) is 1.81. The third-order valence-corrected chi connectivity index (χ3v) is 1.83. The van der Waals surface area contributed by atoms with E-state index in [9.17, 15) is 0 Å². The Morgan fingerprint density at radius 1 is 1.85 bits per heavy atom. The molecule has 0 saturated heterocycles. The zero-order valence-corrected chi connectivity index (χ0v) is 8.03. The van der Waals surface area contributed by atoms with Crippen molar-refractivity contribution in [3.05, 3.63) is 30.5 Å². The fourth-order valence-corrected chi connectivity index (χ4v) is 1.17. The lowest BCUT2D eigenvalue weighted by Gasteiger charge is -2.21. The summed E-state index contributed by atoms with van der Waals surface area (Å²) in [5.41, 5.74) is 1.92. The van der Waals surface area contributed by atoms with Gasteiger partial charge in [0.25, 0.3) is 0 Å². The minimum Gasteiger partial charge on any atom is -0.451 e. The van der Waals surface area contributed by atoms with Gasteiger partial charge in [-0.3, -0.25) is 5.84 Å². The molecular weight excluding hydrogens is 166 g/mol. The topological polar surface area (TPSA) is 55.3 Å². The summed E-state index contributed by atoms with van der Waals surface area (Å²) in [4.78, 5) is 4.06. The first kappa shape index (κ1) is 9.95. The zero-order valence-electron chi connectivity index (χ0n) is 8.03. The van der Waals surface area contributed by atoms with Crippen molar-refractivity contribution < 1.29 is 4.42 Å². The van der Waals surface area contributed by atoms with Crippen LogP contribution < -0.4 is 5.84 Å². The summed E-state index contributed by atoms with van der Waals surface area (Å²) in [6.45, 7) is 5.82. The van der Waals surface area contributed by atoms with Gasteiger partial charge < -0.3 is 4.42 Å². The van der Waals surface area contributed by atoms with Crippen LogP contribution in [-0.2, 0) is 0 Å². The maximum atomic E-state index is 5.69. The van der Waals surface area contributed by atoms with E-state index in [1.807, 2.05) is 14.0 Å². The molecule has 0 aliphatic rings. The summed E-state index contributed by atoms with van der Waals surface area (Å²) in [6, 6.07) is 0.0521. The van der Waals surface area contributed by atoms with Crippen molar-refractivity contribution in [2.24, 2.45) is 5.84 Å². The predicted octanol–water partition coefficient (Wildman–Crippen LogP) is 1.49. The molecule has 0 amide bonds. The minimum absolute atomic E-state index is 0.0521. The molecule has 0 saturated carbocycles. The summed E-state index contributed by atoms with van der Waals surface area (Å²) in [5.74, 6) is 5.69. The molecule has 1 aromatic heterocycles. The molecule has 1 atom stereocenters. The molecule has 0 spiro atoms. The molecule has 13 heavy (non-hydrogen) atoms. The Bertz CT molecular complexity index is 266. The van der Waals surface area contributed by atoms with Crippen LogP contribution in [0.2, 0.25) is 0 Å². The zero-order chi connectivity index (χ0) is 9.84. The van der Waals surface area contributed by atoms with Crippen LogP contribution in [0.5, 0.6) is 0 Å². The molecule has 4 nitrogen and oxygen atoms in total. The second kappa shape index (κ2) is 4.20. The maximum Gasteiger partial charge on any atom is 0.180 e. The predicted molar refractivity (Wildman–Crippen MR) is 50.6 cm³/mol. The Balaban J connectivity index is 2.74. The molecule has 0 aromatic carbocycles. The van der Waals surface area contributed by atoms with Gasteiger partial charge in [-0.05, 0) is 13.3 Å². The number of hydrogen-bond donors (Lipinski definition) is 1. The number of hydrazine groups is 1. The standard InChI is InChI=1S/C9H15N3O/c1-7(2)4-9(12(3)10)8-5-13-6-11-8/h5-6,9H,1,4,10H2,2-3H3. The second-order valence-electron chi connectivity index (χ2n) is 3.26. The Kier molecular flexibility index (Phi) is 3.22. The fourth-order valence-electron chi connectivity index (χ4n) is 1.17. The molecule has 0 fully saturated rings. The van der Waals surface area contributed by atoms with Gasteiger partial charge in [-0.25, -0.2) is 9.99 Å². The summed E-state index contributed by atoms with van der Waals surface area (Å²) < 4.78 is 4.90. The summed E-state index contributed by atoms with van der Waals surface area (Å²) in [6.07, 6.45) is 3.81. The van der Waals surface area contributed by atoms with E-state index in [0.29, 0.717) is 0 Å². The molecule has 72 valence electrons. The Morgan fingerprint density at radius 3 is 2.92 bits per heavy atom. The molecule has 0 aliphatic heterocycles. The van der Waals surface area contributed by atoms with Crippen LogP contribution in [0.4, 0.5) is 0 Å². The van der Waals surface area contributed by atoms with Crippen LogP contribution in [0.3, 0.4) is 0 Å². The van der Waals surface area contributed by atoms with Gasteiger partial charge in [0, 0.05) is 7.05 Å². The van der Waals surface area contributed by atoms with Gasteiger partial charge in [-0.15, -0.1) is 6.58 Å². The van der Waals surface area contributed by atoms with E-state index < -0.39 is 0 Å². The molecule has 0 radical (unpaired) electrons. The lowest BCUT2D eigenvalue weighted by molar-refractivity contribution is 0.245. The lowest BCUT2D eigenvalue weighted by Crippen LogP contribution is -2.31. The van der Waals surface area contributed by atoms with E-state index in [1.54, 1.807) is 11.3 Å². The quantitative estimate of drug-likeness (QED) is 0.434. The van der Waals surface area contributed by atoms with E-state index in [4.69, 9.17) is 10.3 Å². The largest absolute Gasteiger partial charge is 0.451 e. The number of nitrogens with two attached hydrogens (primary N) is 1. The van der Waals surface area contributed by atoms with Crippen molar-refractivity contribution in [2.75, 3.05) is 7.05 Å². The molecule has 1 heterocycles. The molecule has 1 rings (SSSR count). The summed E-state index contributed by atoms with van der Waals surface area (Å²) >= 11 is 0. The number of rotatable bonds is 4. The normalized spacial score (nSPS) is 13.2. The van der Waals surface area contributed by atoms with Gasteiger partial charge >= 0.3 is 0 Å². The van der Waals surface area contributed by atoms with Gasteiger partial charge in [0.2, 0.25) is 0 Å². The lowest BCUT2D eigenvalue weighted by atomic mass is 10.1. The average molecular weight is 181 g/mol. The van der Waals surface area contributed by atoms with Crippen LogP contribution in [0.15, 0.2) is 29.2 Å². The van der Waals surface area contributed by atoms with E-state index >= 15 is 0 Å². The third-order valence-electron chi connectivity index (χ3n) is 1.83. The van der Waals surface area contributed by atoms with Gasteiger partial charge in [0.05, 0.1) is 11.7 Å². The minimum atomic E-state index is 0.0521. The van der Waals surface area contributed by atoms with Crippen LogP contribution >= 0.6 is 0 Å². The number of aromatic nitrogens is 1. The molecule has 4 heteroatoms. The van der Waals surface area contributed by atoms with Crippen LogP contribution in [0.25, 0.3) is 0 Å². The number of hydrogen-bond acceptors (Lipinski definition) is 4. The van der Waals surface area contributed by atoms with E-state index in [2.05, 4.69) is 11.6 Å². The third kappa shape index (κ3) is 2.68. The highest BCUT2D eigenvalue weighted by atomic mass is 16.3. The van der Waals surface area contributed by atoms with Gasteiger partial charge in [-0.2, -0.15) is 0 Å². The molecule has 1 unspecified atom stereocenters. The number of oxazole rings is 1. The molecule has 2 N–H and O–H groups in total. The van der Waals surface area contributed by atoms with E-state index in [1.165, 1.54) is 6.39 Å². The first-order chi connectivity index (χ1) is 6.11. The van der Waals surface area contributed by atoms with Crippen molar-refractivity contribution >= 4 is 0 Å². The van der Waals surface area contributed by atoms with Crippen molar-refractivity contribution in [2.45, 2.75) is 19.4 Å². The smallest absolute Gasteiger partial charge is 0.180 e. The van der Waals surface area contributed by atoms with Crippen LogP contribution in [-0.4, -0.2) is 17.0 Å². The van der Waals surface area contributed by atoms with E-state index in [0.717, 1.165) is 17.7 Å². The monoisotopic (exact) mass is 181 g/mol. The molecule has 1 aromatic rings. The second-order valence-corrected chi connectivity index (χ2v) is 3.26. The highest BCUT2D eigenvalue weighted by Gasteiger charge is 2.16. The first-order valence-electron chi connectivity index (χ1n) is 4.11. The Labute approximate surface area is 78.0 Å². The van der Waals surface area contributed by atoms with Crippen LogP contribution in [0, 0.1) is 0 Å². The Morgan fingerprint density at radius 2 is 2.54 bits per heavy atom. The van der Waals surface area contributed by atoms with Crippen molar-refractivity contribution in [1.82, 2.24) is 9.99 Å². The first-order valence-corrected chi connectivity index (χ1v) is 4.11. The van der Waals surface area contributed by atoms with Crippen molar-refractivity contribution in [1.29, 1.82) is 0 Å². The molecule has 0 aliphatic carbocycles.